The standard InChI is InChI=1S/C20H26N4O/c1-3-17-13-22-10-4-5-19(22)14-23(17)20(25)16-6-8-18(9-7-16)24-12-15(2)11-21-24/h6-9,11-12,17,19H,3-5,10,13-14H2,1-2H3/t17-,19+/m1/s1. The Morgan fingerprint density at radius 2 is 2.04 bits per heavy atom. The maximum Gasteiger partial charge on any atom is 0.254 e. The molecule has 1 aromatic carbocycles. The van der Waals surface area contributed by atoms with Gasteiger partial charge in [-0.15, -0.1) is 0 Å². The molecule has 0 aliphatic carbocycles. The van der Waals surface area contributed by atoms with Crippen molar-refractivity contribution < 1.29 is 4.79 Å². The molecule has 2 aliphatic rings. The molecule has 1 amide bonds. The summed E-state index contributed by atoms with van der Waals surface area (Å²) in [6, 6.07) is 8.71. The highest BCUT2D eigenvalue weighted by Crippen LogP contribution is 2.27. The van der Waals surface area contributed by atoms with Crippen LogP contribution in [0.3, 0.4) is 0 Å². The van der Waals surface area contributed by atoms with E-state index in [2.05, 4.69) is 21.8 Å². The average Bonchev–Trinajstić information content (AvgIpc) is 3.28. The molecule has 25 heavy (non-hydrogen) atoms. The molecule has 0 N–H and O–H groups in total. The third-order valence-corrected chi connectivity index (χ3v) is 5.62. The van der Waals surface area contributed by atoms with Crippen LogP contribution in [-0.2, 0) is 0 Å². The Balaban J connectivity index is 1.53. The number of hydrogen-bond donors (Lipinski definition) is 0. The van der Waals surface area contributed by atoms with E-state index in [9.17, 15) is 4.79 Å². The lowest BCUT2D eigenvalue weighted by Gasteiger charge is -2.43. The predicted octanol–water partition coefficient (Wildman–Crippen LogP) is 2.88. The van der Waals surface area contributed by atoms with Crippen molar-refractivity contribution in [1.82, 2.24) is 19.6 Å². The van der Waals surface area contributed by atoms with E-state index >= 15 is 0 Å². The molecule has 0 radical (unpaired) electrons. The van der Waals surface area contributed by atoms with Crippen LogP contribution in [0, 0.1) is 6.92 Å². The number of benzene rings is 1. The molecule has 0 saturated carbocycles. The van der Waals surface area contributed by atoms with E-state index in [-0.39, 0.29) is 5.91 Å². The summed E-state index contributed by atoms with van der Waals surface area (Å²) >= 11 is 0. The first kappa shape index (κ1) is 16.3. The molecule has 5 nitrogen and oxygen atoms in total. The maximum atomic E-state index is 13.1. The predicted molar refractivity (Wildman–Crippen MR) is 98.0 cm³/mol. The smallest absolute Gasteiger partial charge is 0.254 e. The van der Waals surface area contributed by atoms with Crippen LogP contribution >= 0.6 is 0 Å². The summed E-state index contributed by atoms with van der Waals surface area (Å²) in [5.41, 5.74) is 2.88. The lowest BCUT2D eigenvalue weighted by atomic mass is 10.0. The number of fused-ring (bicyclic) bond motifs is 1. The highest BCUT2D eigenvalue weighted by Gasteiger charge is 2.37. The van der Waals surface area contributed by atoms with Gasteiger partial charge < -0.3 is 4.90 Å². The monoisotopic (exact) mass is 338 g/mol. The number of aryl methyl sites for hydroxylation is 1. The fourth-order valence-corrected chi connectivity index (χ4v) is 4.16. The van der Waals surface area contributed by atoms with Crippen LogP contribution in [0.4, 0.5) is 0 Å². The minimum atomic E-state index is 0.168. The van der Waals surface area contributed by atoms with Gasteiger partial charge >= 0.3 is 0 Å². The van der Waals surface area contributed by atoms with Crippen molar-refractivity contribution >= 4 is 5.91 Å². The lowest BCUT2D eigenvalue weighted by molar-refractivity contribution is 0.0345. The van der Waals surface area contributed by atoms with Crippen LogP contribution in [0.2, 0.25) is 0 Å². The second-order valence-corrected chi connectivity index (χ2v) is 7.32. The number of amides is 1. The Labute approximate surface area is 149 Å². The second kappa shape index (κ2) is 6.64. The SMILES string of the molecule is CC[C@@H]1CN2CCC[C@H]2CN1C(=O)c1ccc(-n2cc(C)cn2)cc1. The first-order valence-electron chi connectivity index (χ1n) is 9.32. The van der Waals surface area contributed by atoms with Gasteiger partial charge in [0.1, 0.15) is 0 Å². The van der Waals surface area contributed by atoms with Gasteiger partial charge in [-0.1, -0.05) is 6.92 Å². The summed E-state index contributed by atoms with van der Waals surface area (Å²) in [7, 11) is 0. The number of nitrogens with zero attached hydrogens (tertiary/aromatic N) is 4. The molecule has 0 spiro atoms. The van der Waals surface area contributed by atoms with Gasteiger partial charge in [0.2, 0.25) is 0 Å². The Kier molecular flexibility index (Phi) is 4.34. The van der Waals surface area contributed by atoms with Crippen LogP contribution in [0.1, 0.15) is 42.1 Å². The van der Waals surface area contributed by atoms with E-state index < -0.39 is 0 Å². The maximum absolute atomic E-state index is 13.1. The molecule has 2 atom stereocenters. The first-order chi connectivity index (χ1) is 12.2. The molecule has 2 saturated heterocycles. The molecule has 1 aromatic heterocycles. The van der Waals surface area contributed by atoms with Gasteiger partial charge in [0.15, 0.2) is 0 Å². The van der Waals surface area contributed by atoms with Crippen LogP contribution in [0.5, 0.6) is 0 Å². The van der Waals surface area contributed by atoms with Gasteiger partial charge in [-0.25, -0.2) is 4.68 Å². The molecular formula is C20H26N4O. The van der Waals surface area contributed by atoms with Gasteiger partial charge in [-0.05, 0) is 62.6 Å². The number of carbonyl (C=O) groups is 1. The van der Waals surface area contributed by atoms with E-state index in [1.165, 1.54) is 19.4 Å². The molecule has 2 fully saturated rings. The number of rotatable bonds is 3. The molecule has 4 rings (SSSR count). The van der Waals surface area contributed by atoms with Crippen molar-refractivity contribution in [1.29, 1.82) is 0 Å². The van der Waals surface area contributed by atoms with E-state index in [4.69, 9.17) is 0 Å². The summed E-state index contributed by atoms with van der Waals surface area (Å²) in [6.45, 7) is 7.30. The van der Waals surface area contributed by atoms with Crippen LogP contribution < -0.4 is 0 Å². The lowest BCUT2D eigenvalue weighted by Crippen LogP contribution is -2.57. The van der Waals surface area contributed by atoms with E-state index in [0.717, 1.165) is 36.3 Å². The number of piperazine rings is 1. The third-order valence-electron chi connectivity index (χ3n) is 5.62. The zero-order valence-corrected chi connectivity index (χ0v) is 15.1. The quantitative estimate of drug-likeness (QED) is 0.864. The second-order valence-electron chi connectivity index (χ2n) is 7.32. The highest BCUT2D eigenvalue weighted by molar-refractivity contribution is 5.94. The van der Waals surface area contributed by atoms with E-state index in [1.54, 1.807) is 0 Å². The van der Waals surface area contributed by atoms with Crippen LogP contribution in [0.15, 0.2) is 36.7 Å². The van der Waals surface area contributed by atoms with E-state index in [0.29, 0.717) is 12.1 Å². The van der Waals surface area contributed by atoms with Gasteiger partial charge in [0.25, 0.3) is 5.91 Å². The topological polar surface area (TPSA) is 41.4 Å². The van der Waals surface area contributed by atoms with Crippen LogP contribution in [0.25, 0.3) is 5.69 Å². The zero-order chi connectivity index (χ0) is 17.4. The molecule has 5 heteroatoms. The summed E-state index contributed by atoms with van der Waals surface area (Å²) in [6.07, 6.45) is 7.33. The van der Waals surface area contributed by atoms with Crippen molar-refractivity contribution in [2.24, 2.45) is 0 Å². The summed E-state index contributed by atoms with van der Waals surface area (Å²) < 4.78 is 1.84. The summed E-state index contributed by atoms with van der Waals surface area (Å²) in [5, 5.41) is 4.33. The Bertz CT molecular complexity index is 751. The Hall–Kier alpha value is -2.14. The summed E-state index contributed by atoms with van der Waals surface area (Å²) in [5.74, 6) is 0.168. The minimum absolute atomic E-state index is 0.168. The molecule has 0 bridgehead atoms. The number of carbonyl (C=O) groups excluding carboxylic acids is 1. The van der Waals surface area contributed by atoms with Crippen molar-refractivity contribution in [3.05, 3.63) is 47.8 Å². The fourth-order valence-electron chi connectivity index (χ4n) is 4.16. The van der Waals surface area contributed by atoms with Crippen LogP contribution in [-0.4, -0.2) is 57.2 Å². The Morgan fingerprint density at radius 1 is 1.24 bits per heavy atom. The van der Waals surface area contributed by atoms with Crippen molar-refractivity contribution in [2.45, 2.75) is 45.2 Å². The average molecular weight is 338 g/mol. The molecule has 2 aliphatic heterocycles. The van der Waals surface area contributed by atoms with Gasteiger partial charge in [-0.2, -0.15) is 5.10 Å². The molecule has 3 heterocycles. The molecule has 0 unspecified atom stereocenters. The summed E-state index contributed by atoms with van der Waals surface area (Å²) in [4.78, 5) is 17.8. The molecule has 2 aromatic rings. The fraction of sp³-hybridized carbons (Fsp3) is 0.500. The zero-order valence-electron chi connectivity index (χ0n) is 15.1. The van der Waals surface area contributed by atoms with Gasteiger partial charge in [0.05, 0.1) is 11.9 Å². The Morgan fingerprint density at radius 3 is 2.72 bits per heavy atom. The highest BCUT2D eigenvalue weighted by atomic mass is 16.2. The minimum Gasteiger partial charge on any atom is -0.333 e. The van der Waals surface area contributed by atoms with Crippen molar-refractivity contribution in [2.75, 3.05) is 19.6 Å². The third kappa shape index (κ3) is 3.09. The molecular weight excluding hydrogens is 312 g/mol. The van der Waals surface area contributed by atoms with Crippen molar-refractivity contribution in [3.8, 4) is 5.69 Å². The number of hydrogen-bond acceptors (Lipinski definition) is 3. The normalized spacial score (nSPS) is 23.7. The largest absolute Gasteiger partial charge is 0.333 e. The number of aromatic nitrogens is 2. The van der Waals surface area contributed by atoms with Gasteiger partial charge in [-0.3, -0.25) is 9.69 Å². The van der Waals surface area contributed by atoms with E-state index in [1.807, 2.05) is 48.3 Å². The first-order valence-corrected chi connectivity index (χ1v) is 9.32. The molecule has 132 valence electrons. The van der Waals surface area contributed by atoms with Gasteiger partial charge in [0, 0.05) is 36.9 Å². The van der Waals surface area contributed by atoms with Crippen molar-refractivity contribution in [3.63, 3.8) is 0 Å².